The third-order valence-corrected chi connectivity index (χ3v) is 19.3. The van der Waals surface area contributed by atoms with Gasteiger partial charge in [-0.15, -0.1) is 0 Å². The van der Waals surface area contributed by atoms with Crippen molar-refractivity contribution in [3.05, 3.63) is 235 Å². The van der Waals surface area contributed by atoms with E-state index < -0.39 is 0 Å². The largest absolute Gasteiger partial charge is 0.311 e. The minimum atomic E-state index is -0.114. The summed E-state index contributed by atoms with van der Waals surface area (Å²) in [6.07, 6.45) is 0. The number of hydrogen-bond acceptors (Lipinski definition) is 2. The Labute approximate surface area is 500 Å². The van der Waals surface area contributed by atoms with Gasteiger partial charge in [0, 0.05) is 34.1 Å². The van der Waals surface area contributed by atoms with Crippen LogP contribution in [0.2, 0.25) is 0 Å². The molecule has 0 unspecified atom stereocenters. The van der Waals surface area contributed by atoms with Crippen LogP contribution in [0, 0.1) is 0 Å². The monoisotopic (exact) mass is 1090 g/mol. The van der Waals surface area contributed by atoms with Crippen LogP contribution in [0.1, 0.15) is 105 Å². The molecule has 412 valence electrons. The highest BCUT2D eigenvalue weighted by Gasteiger charge is 2.45. The smallest absolute Gasteiger partial charge is 0.252 e. The van der Waals surface area contributed by atoms with Crippen LogP contribution in [-0.2, 0) is 21.7 Å². The van der Waals surface area contributed by atoms with E-state index in [-0.39, 0.29) is 28.4 Å². The lowest BCUT2D eigenvalue weighted by Gasteiger charge is -2.45. The third-order valence-electron chi connectivity index (χ3n) is 19.3. The van der Waals surface area contributed by atoms with Crippen LogP contribution in [0.4, 0.5) is 34.1 Å². The summed E-state index contributed by atoms with van der Waals surface area (Å²) in [6, 6.07) is 83.5. The molecular formula is C82H71BN2. The normalized spacial score (nSPS) is 13.8. The van der Waals surface area contributed by atoms with Crippen molar-refractivity contribution in [3.8, 4) is 11.1 Å². The van der Waals surface area contributed by atoms with E-state index in [4.69, 9.17) is 0 Å². The first kappa shape index (κ1) is 51.7. The van der Waals surface area contributed by atoms with Gasteiger partial charge in [0.05, 0.1) is 0 Å². The Balaban J connectivity index is 1.10. The van der Waals surface area contributed by atoms with Gasteiger partial charge in [-0.2, -0.15) is 0 Å². The SMILES string of the molecule is CC(C)(C)c1cc(N2c3cc4cc5ccccc5cc4cc3B3c4cc5cc6ccccc6cc5cc4N(c4cc(C(C)(C)C)cc(C(C)(C)C)c4)c4cc(-c5cc6cccc7c8cccc9cccc(c(c5)c67)c98)cc2c43)cc(C(C)(C)C)c1. The molecule has 14 aromatic carbocycles. The molecule has 2 aliphatic heterocycles. The summed E-state index contributed by atoms with van der Waals surface area (Å²) in [7, 11) is 0. The fourth-order valence-corrected chi connectivity index (χ4v) is 14.6. The second kappa shape index (κ2) is 17.8. The zero-order valence-electron chi connectivity index (χ0n) is 51.2. The van der Waals surface area contributed by atoms with Crippen molar-refractivity contribution in [1.82, 2.24) is 0 Å². The van der Waals surface area contributed by atoms with E-state index in [0.717, 1.165) is 0 Å². The molecule has 0 radical (unpaired) electrons. The highest BCUT2D eigenvalue weighted by atomic mass is 15.2. The number of rotatable bonds is 3. The highest BCUT2D eigenvalue weighted by molar-refractivity contribution is 7.00. The molecule has 0 amide bonds. The molecule has 0 saturated heterocycles. The molecule has 14 aromatic rings. The van der Waals surface area contributed by atoms with Crippen molar-refractivity contribution >= 4 is 143 Å². The molecule has 0 atom stereocenters. The van der Waals surface area contributed by atoms with Crippen molar-refractivity contribution in [2.75, 3.05) is 9.80 Å². The first-order chi connectivity index (χ1) is 40.6. The fraction of sp³-hybridized carbons (Fsp3) is 0.195. The van der Waals surface area contributed by atoms with E-state index >= 15 is 0 Å². The summed E-state index contributed by atoms with van der Waals surface area (Å²) in [4.78, 5) is 5.38. The molecule has 85 heavy (non-hydrogen) atoms. The van der Waals surface area contributed by atoms with Crippen LogP contribution < -0.4 is 26.2 Å². The molecule has 0 fully saturated rings. The number of anilines is 6. The zero-order valence-corrected chi connectivity index (χ0v) is 51.2. The van der Waals surface area contributed by atoms with Crippen LogP contribution in [-0.4, -0.2) is 6.71 Å². The first-order valence-corrected chi connectivity index (χ1v) is 30.7. The summed E-state index contributed by atoms with van der Waals surface area (Å²) >= 11 is 0. The van der Waals surface area contributed by atoms with Crippen molar-refractivity contribution < 1.29 is 0 Å². The molecule has 0 aliphatic carbocycles. The van der Waals surface area contributed by atoms with Gasteiger partial charge in [-0.05, 0) is 243 Å². The van der Waals surface area contributed by atoms with Gasteiger partial charge in [-0.3, -0.25) is 0 Å². The van der Waals surface area contributed by atoms with Crippen LogP contribution in [0.15, 0.2) is 212 Å². The number of hydrogen-bond donors (Lipinski definition) is 0. The van der Waals surface area contributed by atoms with Gasteiger partial charge in [0.15, 0.2) is 0 Å². The second-order valence-corrected chi connectivity index (χ2v) is 29.1. The molecule has 2 heterocycles. The van der Waals surface area contributed by atoms with Crippen molar-refractivity contribution in [2.45, 2.75) is 105 Å². The Morgan fingerprint density at radius 1 is 0.259 bits per heavy atom. The number of nitrogens with zero attached hydrogens (tertiary/aromatic N) is 2. The predicted octanol–water partition coefficient (Wildman–Crippen LogP) is 21.3. The van der Waals surface area contributed by atoms with E-state index in [9.17, 15) is 0 Å². The maximum atomic E-state index is 2.69. The van der Waals surface area contributed by atoms with Crippen LogP contribution in [0.3, 0.4) is 0 Å². The Bertz CT molecular complexity index is 4890. The molecule has 2 aliphatic rings. The molecule has 0 saturated carbocycles. The Morgan fingerprint density at radius 3 is 1.00 bits per heavy atom. The van der Waals surface area contributed by atoms with Gasteiger partial charge in [0.25, 0.3) is 6.71 Å². The van der Waals surface area contributed by atoms with Crippen molar-refractivity contribution in [3.63, 3.8) is 0 Å². The lowest BCUT2D eigenvalue weighted by Crippen LogP contribution is -2.61. The summed E-state index contributed by atoms with van der Waals surface area (Å²) in [5, 5.41) is 20.4. The van der Waals surface area contributed by atoms with E-state index in [1.165, 1.54) is 170 Å². The van der Waals surface area contributed by atoms with Gasteiger partial charge < -0.3 is 9.80 Å². The predicted molar refractivity (Wildman–Crippen MR) is 372 cm³/mol. The maximum absolute atomic E-state index is 2.69. The summed E-state index contributed by atoms with van der Waals surface area (Å²) in [5.74, 6) is 0. The van der Waals surface area contributed by atoms with Gasteiger partial charge in [0.2, 0.25) is 0 Å². The second-order valence-electron chi connectivity index (χ2n) is 29.1. The Hall–Kier alpha value is -8.92. The van der Waals surface area contributed by atoms with Crippen LogP contribution in [0.25, 0.3) is 97.3 Å². The van der Waals surface area contributed by atoms with Gasteiger partial charge in [-0.1, -0.05) is 210 Å². The standard InChI is InChI=1S/C82H71BN2/c1-79(2,3)60-42-61(80(4,5)6)45-64(44-60)84-72-38-57-32-51-22-15-13-20-49(51)30-55(57)36-70(72)83-71-37-56-31-50-21-14-16-23-52(50)33-58(56)39-73(71)85(65-46-62(81(7,8)9)43-63(47-65)82(10,11)12)75-41-59(40-74(84)78(75)83)54-34-53-26-19-28-67-66-27-17-24-48-25-18-29-68(76(48)66)69(35-54)77(53)67/h13-47H,1-12H3. The number of fused-ring (bicyclic) bond motifs is 10. The molecule has 0 aromatic heterocycles. The summed E-state index contributed by atoms with van der Waals surface area (Å²) in [5.41, 5.74) is 18.4. The third kappa shape index (κ3) is 8.06. The molecule has 0 N–H and O–H groups in total. The van der Waals surface area contributed by atoms with Crippen molar-refractivity contribution in [2.24, 2.45) is 0 Å². The van der Waals surface area contributed by atoms with E-state index in [2.05, 4.69) is 305 Å². The molecule has 3 heteroatoms. The van der Waals surface area contributed by atoms with E-state index in [0.29, 0.717) is 0 Å². The summed E-state index contributed by atoms with van der Waals surface area (Å²) < 4.78 is 0. The molecule has 0 spiro atoms. The van der Waals surface area contributed by atoms with E-state index in [1.54, 1.807) is 0 Å². The minimum absolute atomic E-state index is 0.113. The lowest BCUT2D eigenvalue weighted by atomic mass is 9.33. The summed E-state index contributed by atoms with van der Waals surface area (Å²) in [6.45, 7) is 28.3. The Kier molecular flexibility index (Phi) is 10.8. The Morgan fingerprint density at radius 2 is 0.600 bits per heavy atom. The topological polar surface area (TPSA) is 6.48 Å². The molecule has 16 rings (SSSR count). The van der Waals surface area contributed by atoms with Gasteiger partial charge in [0.1, 0.15) is 0 Å². The van der Waals surface area contributed by atoms with Crippen molar-refractivity contribution in [1.29, 1.82) is 0 Å². The fourth-order valence-electron chi connectivity index (χ4n) is 14.6. The highest BCUT2D eigenvalue weighted by Crippen LogP contribution is 2.51. The average Bonchev–Trinajstić information content (AvgIpc) is 1.09. The number of benzene rings is 14. The lowest BCUT2D eigenvalue weighted by molar-refractivity contribution is 0.568. The van der Waals surface area contributed by atoms with Gasteiger partial charge >= 0.3 is 0 Å². The quantitative estimate of drug-likeness (QED) is 0.0988. The molecular weight excluding hydrogens is 1020 g/mol. The molecule has 2 nitrogen and oxygen atoms in total. The first-order valence-electron chi connectivity index (χ1n) is 30.7. The zero-order chi connectivity index (χ0) is 58.4. The maximum Gasteiger partial charge on any atom is 0.252 e. The molecule has 0 bridgehead atoms. The van der Waals surface area contributed by atoms with Gasteiger partial charge in [-0.25, -0.2) is 0 Å². The van der Waals surface area contributed by atoms with Crippen LogP contribution >= 0.6 is 0 Å². The van der Waals surface area contributed by atoms with E-state index in [1.807, 2.05) is 0 Å². The minimum Gasteiger partial charge on any atom is -0.311 e. The average molecular weight is 1100 g/mol. The van der Waals surface area contributed by atoms with Crippen LogP contribution in [0.5, 0.6) is 0 Å².